The highest BCUT2D eigenvalue weighted by Crippen LogP contribution is 2.36. The molecule has 1 aliphatic heterocycles. The number of hydrogen-bond donors (Lipinski definition) is 0. The largest absolute Gasteiger partial charge is 0.414 e. The van der Waals surface area contributed by atoms with Crippen LogP contribution in [0.4, 0.5) is 4.39 Å². The summed E-state index contributed by atoms with van der Waals surface area (Å²) in [5.41, 5.74) is -1.09. The van der Waals surface area contributed by atoms with Gasteiger partial charge in [0.25, 0.3) is 5.22 Å². The van der Waals surface area contributed by atoms with Crippen LogP contribution in [-0.2, 0) is 11.3 Å². The molecule has 2 aliphatic rings. The molecule has 116 valence electrons. The lowest BCUT2D eigenvalue weighted by Crippen LogP contribution is -2.28. The summed E-state index contributed by atoms with van der Waals surface area (Å²) < 4.78 is 20.0. The van der Waals surface area contributed by atoms with Crippen LogP contribution in [0.15, 0.2) is 9.64 Å². The van der Waals surface area contributed by atoms with Crippen molar-refractivity contribution < 1.29 is 13.6 Å². The molecule has 0 N–H and O–H groups in total. The molecule has 5 nitrogen and oxygen atoms in total. The number of carbonyl (C=O) groups is 1. The summed E-state index contributed by atoms with van der Waals surface area (Å²) in [5, 5.41) is 8.29. The number of carbonyl (C=O) groups excluding carboxylic acids is 1. The van der Waals surface area contributed by atoms with E-state index in [9.17, 15) is 9.18 Å². The molecule has 0 atom stereocenters. The van der Waals surface area contributed by atoms with Gasteiger partial charge in [0.15, 0.2) is 0 Å². The Kier molecular flexibility index (Phi) is 4.47. The topological polar surface area (TPSA) is 59.2 Å². The van der Waals surface area contributed by atoms with Gasteiger partial charge in [-0.3, -0.25) is 4.79 Å². The summed E-state index contributed by atoms with van der Waals surface area (Å²) >= 11 is 1.29. The van der Waals surface area contributed by atoms with Gasteiger partial charge >= 0.3 is 0 Å². The van der Waals surface area contributed by atoms with E-state index >= 15 is 0 Å². The van der Waals surface area contributed by atoms with Gasteiger partial charge in [0.05, 0.1) is 6.54 Å². The Morgan fingerprint density at radius 2 is 2.05 bits per heavy atom. The van der Waals surface area contributed by atoms with Gasteiger partial charge in [-0.1, -0.05) is 31.0 Å². The van der Waals surface area contributed by atoms with Gasteiger partial charge in [0, 0.05) is 18.7 Å². The number of likely N-dealkylation sites (tertiary alicyclic amines) is 1. The summed E-state index contributed by atoms with van der Waals surface area (Å²) in [7, 11) is 0. The SMILES string of the molecule is O=C1CCCN1Cc1nnc(SCC2(F)CCCCC2)o1. The Morgan fingerprint density at radius 1 is 1.24 bits per heavy atom. The van der Waals surface area contributed by atoms with Gasteiger partial charge in [0.1, 0.15) is 5.67 Å². The summed E-state index contributed by atoms with van der Waals surface area (Å²) in [4.78, 5) is 13.3. The number of thioether (sulfide) groups is 1. The molecule has 1 aromatic heterocycles. The minimum atomic E-state index is -1.09. The molecule has 0 bridgehead atoms. The van der Waals surface area contributed by atoms with Gasteiger partial charge in [-0.25, -0.2) is 4.39 Å². The predicted octanol–water partition coefficient (Wildman–Crippen LogP) is 2.96. The molecule has 1 aromatic rings. The van der Waals surface area contributed by atoms with Crippen molar-refractivity contribution in [2.75, 3.05) is 12.3 Å². The summed E-state index contributed by atoms with van der Waals surface area (Å²) in [5.74, 6) is 0.939. The monoisotopic (exact) mass is 313 g/mol. The number of amides is 1. The van der Waals surface area contributed by atoms with Gasteiger partial charge in [0.2, 0.25) is 11.8 Å². The first-order valence-electron chi connectivity index (χ1n) is 7.57. The Bertz CT molecular complexity index is 502. The quantitative estimate of drug-likeness (QED) is 0.782. The molecule has 1 saturated heterocycles. The lowest BCUT2D eigenvalue weighted by atomic mass is 9.88. The highest BCUT2D eigenvalue weighted by Gasteiger charge is 2.32. The number of hydrogen-bond acceptors (Lipinski definition) is 5. The maximum absolute atomic E-state index is 14.5. The molecular weight excluding hydrogens is 293 g/mol. The van der Waals surface area contributed by atoms with Crippen LogP contribution < -0.4 is 0 Å². The third-order valence-corrected chi connectivity index (χ3v) is 5.22. The number of halogens is 1. The molecule has 2 heterocycles. The normalized spacial score (nSPS) is 22.0. The van der Waals surface area contributed by atoms with Crippen LogP contribution in [0.3, 0.4) is 0 Å². The van der Waals surface area contributed by atoms with E-state index in [1.807, 2.05) is 0 Å². The fourth-order valence-corrected chi connectivity index (χ4v) is 3.84. The van der Waals surface area contributed by atoms with E-state index in [0.717, 1.165) is 32.2 Å². The fourth-order valence-electron chi connectivity index (χ4n) is 2.92. The molecule has 1 saturated carbocycles. The number of nitrogens with zero attached hydrogens (tertiary/aromatic N) is 3. The first-order chi connectivity index (χ1) is 10.1. The molecule has 3 rings (SSSR count). The third-order valence-electron chi connectivity index (χ3n) is 4.15. The van der Waals surface area contributed by atoms with E-state index in [1.54, 1.807) is 4.90 Å². The number of alkyl halides is 1. The molecule has 0 radical (unpaired) electrons. The minimum absolute atomic E-state index is 0.132. The molecule has 0 spiro atoms. The molecule has 1 aliphatic carbocycles. The van der Waals surface area contributed by atoms with Crippen molar-refractivity contribution in [3.63, 3.8) is 0 Å². The highest BCUT2D eigenvalue weighted by atomic mass is 32.2. The highest BCUT2D eigenvalue weighted by molar-refractivity contribution is 7.99. The number of aromatic nitrogens is 2. The molecule has 21 heavy (non-hydrogen) atoms. The first kappa shape index (κ1) is 14.8. The number of rotatable bonds is 5. The average molecular weight is 313 g/mol. The zero-order valence-corrected chi connectivity index (χ0v) is 12.8. The molecule has 0 aromatic carbocycles. The van der Waals surface area contributed by atoms with Crippen LogP contribution in [0.1, 0.15) is 50.8 Å². The first-order valence-corrected chi connectivity index (χ1v) is 8.55. The molecule has 0 unspecified atom stereocenters. The van der Waals surface area contributed by atoms with Crippen LogP contribution in [0.5, 0.6) is 0 Å². The van der Waals surface area contributed by atoms with Crippen molar-refractivity contribution in [1.82, 2.24) is 15.1 Å². The van der Waals surface area contributed by atoms with Crippen molar-refractivity contribution in [3.05, 3.63) is 5.89 Å². The van der Waals surface area contributed by atoms with Crippen LogP contribution in [0.25, 0.3) is 0 Å². The van der Waals surface area contributed by atoms with E-state index in [-0.39, 0.29) is 5.91 Å². The van der Waals surface area contributed by atoms with E-state index < -0.39 is 5.67 Å². The minimum Gasteiger partial charge on any atom is -0.414 e. The molecule has 2 fully saturated rings. The lowest BCUT2D eigenvalue weighted by molar-refractivity contribution is -0.128. The van der Waals surface area contributed by atoms with E-state index in [1.165, 1.54) is 11.8 Å². The Balaban J connectivity index is 1.51. The standard InChI is InChI=1S/C14H20FN3O2S/c15-14(6-2-1-3-7-14)10-21-13-17-16-11(20-13)9-18-8-4-5-12(18)19/h1-10H2. The van der Waals surface area contributed by atoms with Crippen LogP contribution in [-0.4, -0.2) is 39.0 Å². The predicted molar refractivity (Wildman–Crippen MR) is 76.6 cm³/mol. The fraction of sp³-hybridized carbons (Fsp3) is 0.786. The maximum atomic E-state index is 14.5. The van der Waals surface area contributed by atoms with E-state index in [2.05, 4.69) is 10.2 Å². The van der Waals surface area contributed by atoms with Crippen molar-refractivity contribution in [2.45, 2.75) is 62.4 Å². The summed E-state index contributed by atoms with van der Waals surface area (Å²) in [6.45, 7) is 1.12. The Hall–Kier alpha value is -1.11. The van der Waals surface area contributed by atoms with Crippen LogP contribution in [0.2, 0.25) is 0 Å². The van der Waals surface area contributed by atoms with Gasteiger partial charge in [-0.2, -0.15) is 0 Å². The smallest absolute Gasteiger partial charge is 0.276 e. The second kappa shape index (κ2) is 6.34. The Morgan fingerprint density at radius 3 is 2.76 bits per heavy atom. The molecular formula is C14H20FN3O2S. The van der Waals surface area contributed by atoms with Crippen molar-refractivity contribution in [3.8, 4) is 0 Å². The van der Waals surface area contributed by atoms with Crippen molar-refractivity contribution in [2.24, 2.45) is 0 Å². The van der Waals surface area contributed by atoms with Crippen LogP contribution in [0, 0.1) is 0 Å². The van der Waals surface area contributed by atoms with Gasteiger partial charge in [-0.15, -0.1) is 10.2 Å². The second-order valence-corrected chi connectivity index (χ2v) is 6.81. The zero-order valence-electron chi connectivity index (χ0n) is 12.0. The molecule has 1 amide bonds. The maximum Gasteiger partial charge on any atom is 0.276 e. The van der Waals surface area contributed by atoms with Gasteiger partial charge < -0.3 is 9.32 Å². The Labute approximate surface area is 127 Å². The zero-order chi connectivity index (χ0) is 14.7. The lowest BCUT2D eigenvalue weighted by Gasteiger charge is -2.28. The van der Waals surface area contributed by atoms with E-state index in [4.69, 9.17) is 4.42 Å². The van der Waals surface area contributed by atoms with Crippen molar-refractivity contribution >= 4 is 17.7 Å². The summed E-state index contributed by atoms with van der Waals surface area (Å²) in [6.07, 6.45) is 5.79. The summed E-state index contributed by atoms with van der Waals surface area (Å²) in [6, 6.07) is 0. The van der Waals surface area contributed by atoms with Crippen molar-refractivity contribution in [1.29, 1.82) is 0 Å². The molecule has 7 heteroatoms. The van der Waals surface area contributed by atoms with E-state index in [0.29, 0.717) is 42.7 Å². The van der Waals surface area contributed by atoms with Gasteiger partial charge in [-0.05, 0) is 19.3 Å². The van der Waals surface area contributed by atoms with Crippen LogP contribution >= 0.6 is 11.8 Å². The average Bonchev–Trinajstić information content (AvgIpc) is 3.08. The third kappa shape index (κ3) is 3.75. The second-order valence-electron chi connectivity index (χ2n) is 5.88.